The number of aryl methyl sites for hydroxylation is 2. The molecule has 0 heterocycles. The lowest BCUT2D eigenvalue weighted by molar-refractivity contribution is -0.120. The fraction of sp³-hybridized carbons (Fsp3) is 0.211. The third-order valence-corrected chi connectivity index (χ3v) is 4.60. The van der Waals surface area contributed by atoms with Gasteiger partial charge in [-0.25, -0.2) is 13.1 Å². The summed E-state index contributed by atoms with van der Waals surface area (Å²) in [6.07, 6.45) is 1.49. The van der Waals surface area contributed by atoms with Gasteiger partial charge in [0.2, 0.25) is 15.9 Å². The summed E-state index contributed by atoms with van der Waals surface area (Å²) in [5, 5.41) is 3.74. The molecule has 1 amide bonds. The number of carbonyl (C=O) groups is 1. The minimum absolute atomic E-state index is 0.299. The molecule has 0 aliphatic carbocycles. The first-order valence-electron chi connectivity index (χ1n) is 7.91. The molecule has 2 aromatic rings. The van der Waals surface area contributed by atoms with E-state index in [1.807, 2.05) is 62.4 Å². The number of sulfonamides is 1. The van der Waals surface area contributed by atoms with Crippen molar-refractivity contribution in [1.29, 1.82) is 0 Å². The Hall–Kier alpha value is -2.44. The maximum absolute atomic E-state index is 11.9. The smallest absolute Gasteiger partial charge is 0.235 e. The average Bonchev–Trinajstić information content (AvgIpc) is 2.59. The maximum atomic E-state index is 11.9. The highest BCUT2D eigenvalue weighted by Gasteiger charge is 2.08. The van der Waals surface area contributed by atoms with Crippen LogP contribution >= 0.6 is 0 Å². The normalized spacial score (nSPS) is 11.6. The van der Waals surface area contributed by atoms with E-state index in [0.29, 0.717) is 6.54 Å². The molecule has 132 valence electrons. The largest absolute Gasteiger partial charge is 0.351 e. The van der Waals surface area contributed by atoms with E-state index in [1.165, 1.54) is 6.08 Å². The first kappa shape index (κ1) is 18.9. The van der Waals surface area contributed by atoms with Crippen LogP contribution in [0, 0.1) is 13.8 Å². The molecule has 0 spiro atoms. The molecule has 2 aromatic carbocycles. The van der Waals surface area contributed by atoms with Gasteiger partial charge in [0.15, 0.2) is 0 Å². The van der Waals surface area contributed by atoms with Crippen LogP contribution in [0.2, 0.25) is 0 Å². The van der Waals surface area contributed by atoms with Gasteiger partial charge in [0.25, 0.3) is 0 Å². The van der Waals surface area contributed by atoms with Crippen LogP contribution in [-0.2, 0) is 21.4 Å². The molecule has 5 nitrogen and oxygen atoms in total. The van der Waals surface area contributed by atoms with Gasteiger partial charge in [-0.1, -0.05) is 59.7 Å². The molecule has 2 N–H and O–H groups in total. The lowest BCUT2D eigenvalue weighted by Gasteiger charge is -2.06. The standard InChI is InChI=1S/C19H22N2O3S/c1-15-3-7-17(8-4-15)11-12-25(23,24)21-14-19(22)20-13-18-9-5-16(2)6-10-18/h3-12,21H,13-14H2,1-2H3,(H,20,22)/b12-11+. The van der Waals surface area contributed by atoms with Crippen molar-refractivity contribution in [3.63, 3.8) is 0 Å². The summed E-state index contributed by atoms with van der Waals surface area (Å²) in [7, 11) is -3.66. The molecule has 0 saturated heterocycles. The van der Waals surface area contributed by atoms with Gasteiger partial charge in [-0.2, -0.15) is 0 Å². The van der Waals surface area contributed by atoms with Crippen LogP contribution in [0.4, 0.5) is 0 Å². The molecule has 0 fully saturated rings. The zero-order chi connectivity index (χ0) is 18.3. The first-order chi connectivity index (χ1) is 11.8. The van der Waals surface area contributed by atoms with E-state index in [2.05, 4.69) is 10.0 Å². The molecular weight excluding hydrogens is 336 g/mol. The highest BCUT2D eigenvalue weighted by atomic mass is 32.2. The summed E-state index contributed by atoms with van der Waals surface area (Å²) < 4.78 is 26.1. The summed E-state index contributed by atoms with van der Waals surface area (Å²) in [4.78, 5) is 11.8. The summed E-state index contributed by atoms with van der Waals surface area (Å²) >= 11 is 0. The van der Waals surface area contributed by atoms with E-state index in [-0.39, 0.29) is 12.5 Å². The molecule has 25 heavy (non-hydrogen) atoms. The molecule has 6 heteroatoms. The minimum Gasteiger partial charge on any atom is -0.351 e. The molecule has 0 unspecified atom stereocenters. The molecule has 0 saturated carbocycles. The van der Waals surface area contributed by atoms with Crippen LogP contribution in [0.25, 0.3) is 6.08 Å². The number of hydrogen-bond donors (Lipinski definition) is 2. The number of carbonyl (C=O) groups excluding carboxylic acids is 1. The number of hydrogen-bond acceptors (Lipinski definition) is 3. The van der Waals surface area contributed by atoms with E-state index < -0.39 is 10.0 Å². The van der Waals surface area contributed by atoms with E-state index >= 15 is 0 Å². The number of amides is 1. The van der Waals surface area contributed by atoms with Crippen LogP contribution in [0.1, 0.15) is 22.3 Å². The third kappa shape index (κ3) is 6.91. The Labute approximate surface area is 148 Å². The van der Waals surface area contributed by atoms with Gasteiger partial charge in [-0.3, -0.25) is 4.79 Å². The molecule has 0 bridgehead atoms. The Morgan fingerprint density at radius 3 is 2.12 bits per heavy atom. The highest BCUT2D eigenvalue weighted by molar-refractivity contribution is 7.92. The third-order valence-electron chi connectivity index (χ3n) is 3.56. The Kier molecular flexibility index (Phi) is 6.50. The zero-order valence-corrected chi connectivity index (χ0v) is 15.1. The van der Waals surface area contributed by atoms with Crippen molar-refractivity contribution in [1.82, 2.24) is 10.0 Å². The average molecular weight is 358 g/mol. The van der Waals surface area contributed by atoms with E-state index in [1.54, 1.807) is 0 Å². The fourth-order valence-electron chi connectivity index (χ4n) is 2.03. The van der Waals surface area contributed by atoms with Crippen molar-refractivity contribution in [2.75, 3.05) is 6.54 Å². The van der Waals surface area contributed by atoms with Crippen molar-refractivity contribution < 1.29 is 13.2 Å². The van der Waals surface area contributed by atoms with Crippen LogP contribution < -0.4 is 10.0 Å². The van der Waals surface area contributed by atoms with Gasteiger partial charge < -0.3 is 5.32 Å². The second-order valence-corrected chi connectivity index (χ2v) is 7.49. The molecular formula is C19H22N2O3S. The summed E-state index contributed by atoms with van der Waals surface area (Å²) in [6, 6.07) is 15.2. The molecule has 0 aromatic heterocycles. The summed E-state index contributed by atoms with van der Waals surface area (Å²) in [5.74, 6) is -0.382. The van der Waals surface area contributed by atoms with Gasteiger partial charge in [0.1, 0.15) is 0 Å². The predicted molar refractivity (Wildman–Crippen MR) is 100 cm³/mol. The lowest BCUT2D eigenvalue weighted by Crippen LogP contribution is -2.35. The SMILES string of the molecule is Cc1ccc(/C=C/S(=O)(=O)NCC(=O)NCc2ccc(C)cc2)cc1. The van der Waals surface area contributed by atoms with E-state index in [4.69, 9.17) is 0 Å². The summed E-state index contributed by atoms with van der Waals surface area (Å²) in [6.45, 7) is 4.01. The zero-order valence-electron chi connectivity index (χ0n) is 14.3. The fourth-order valence-corrected chi connectivity index (χ4v) is 2.79. The topological polar surface area (TPSA) is 75.3 Å². The van der Waals surface area contributed by atoms with Crippen molar-refractivity contribution in [2.45, 2.75) is 20.4 Å². The van der Waals surface area contributed by atoms with Crippen LogP contribution in [-0.4, -0.2) is 20.9 Å². The first-order valence-corrected chi connectivity index (χ1v) is 9.45. The molecule has 0 aliphatic heterocycles. The summed E-state index contributed by atoms with van der Waals surface area (Å²) in [5.41, 5.74) is 3.98. The second kappa shape index (κ2) is 8.60. The Morgan fingerprint density at radius 2 is 1.52 bits per heavy atom. The lowest BCUT2D eigenvalue weighted by atomic mass is 10.1. The van der Waals surface area contributed by atoms with Crippen molar-refractivity contribution in [3.8, 4) is 0 Å². The molecule has 0 atom stereocenters. The van der Waals surface area contributed by atoms with Gasteiger partial charge in [0.05, 0.1) is 6.54 Å². The molecule has 2 rings (SSSR count). The van der Waals surface area contributed by atoms with Crippen molar-refractivity contribution in [2.24, 2.45) is 0 Å². The molecule has 0 aliphatic rings. The Bertz CT molecular complexity index is 839. The van der Waals surface area contributed by atoms with Crippen LogP contribution in [0.15, 0.2) is 53.9 Å². The number of rotatable bonds is 7. The van der Waals surface area contributed by atoms with E-state index in [0.717, 1.165) is 27.7 Å². The van der Waals surface area contributed by atoms with Crippen molar-refractivity contribution >= 4 is 22.0 Å². The van der Waals surface area contributed by atoms with Gasteiger partial charge >= 0.3 is 0 Å². The van der Waals surface area contributed by atoms with E-state index in [9.17, 15) is 13.2 Å². The second-order valence-electron chi connectivity index (χ2n) is 5.84. The minimum atomic E-state index is -3.66. The van der Waals surface area contributed by atoms with Crippen LogP contribution in [0.3, 0.4) is 0 Å². The van der Waals surface area contributed by atoms with Crippen molar-refractivity contribution in [3.05, 3.63) is 76.2 Å². The highest BCUT2D eigenvalue weighted by Crippen LogP contribution is 2.06. The van der Waals surface area contributed by atoms with Gasteiger partial charge in [-0.15, -0.1) is 0 Å². The number of nitrogens with one attached hydrogen (secondary N) is 2. The quantitative estimate of drug-likeness (QED) is 0.798. The van der Waals surface area contributed by atoms with Crippen LogP contribution in [0.5, 0.6) is 0 Å². The number of benzene rings is 2. The molecule has 0 radical (unpaired) electrons. The van der Waals surface area contributed by atoms with Gasteiger partial charge in [-0.05, 0) is 31.1 Å². The maximum Gasteiger partial charge on any atom is 0.235 e. The monoisotopic (exact) mass is 358 g/mol. The predicted octanol–water partition coefficient (Wildman–Crippen LogP) is 2.51. The van der Waals surface area contributed by atoms with Gasteiger partial charge in [0, 0.05) is 12.0 Å². The Balaban J connectivity index is 1.81. The Morgan fingerprint density at radius 1 is 0.960 bits per heavy atom.